The zero-order chi connectivity index (χ0) is 12.3. The Kier molecular flexibility index (Phi) is 3.53. The fourth-order valence-corrected chi connectivity index (χ4v) is 1.71. The van der Waals surface area contributed by atoms with Gasteiger partial charge in [0.1, 0.15) is 0 Å². The molecule has 2 nitrogen and oxygen atoms in total. The summed E-state index contributed by atoms with van der Waals surface area (Å²) in [7, 11) is 0. The highest BCUT2D eigenvalue weighted by molar-refractivity contribution is 6.42. The highest BCUT2D eigenvalue weighted by Gasteiger charge is 2.00. The van der Waals surface area contributed by atoms with Crippen molar-refractivity contribution < 1.29 is 0 Å². The molecule has 2 rings (SSSR count). The van der Waals surface area contributed by atoms with E-state index in [0.29, 0.717) is 15.6 Å². The van der Waals surface area contributed by atoms with Crippen LogP contribution in [-0.2, 0) is 0 Å². The van der Waals surface area contributed by atoms with Crippen LogP contribution in [-0.4, -0.2) is 0 Å². The smallest absolute Gasteiger partial charge is 0.0992 e. The molecule has 0 radical (unpaired) electrons. The molecule has 2 aromatic carbocycles. The average Bonchev–Trinajstić information content (AvgIpc) is 2.34. The molecule has 0 bridgehead atoms. The topological polar surface area (TPSA) is 35.8 Å². The van der Waals surface area contributed by atoms with Crippen LogP contribution in [0.2, 0.25) is 10.0 Å². The van der Waals surface area contributed by atoms with Crippen molar-refractivity contribution in [1.29, 1.82) is 5.26 Å². The summed E-state index contributed by atoms with van der Waals surface area (Å²) < 4.78 is 0. The predicted molar refractivity (Wildman–Crippen MR) is 70.9 cm³/mol. The van der Waals surface area contributed by atoms with Crippen molar-refractivity contribution >= 4 is 34.6 Å². The van der Waals surface area contributed by atoms with E-state index in [2.05, 4.69) is 11.4 Å². The maximum Gasteiger partial charge on any atom is 0.0992 e. The second kappa shape index (κ2) is 5.09. The summed E-state index contributed by atoms with van der Waals surface area (Å²) in [5, 5.41) is 13.0. The molecule has 2 aromatic rings. The fraction of sp³-hybridized carbons (Fsp3) is 0. The predicted octanol–water partition coefficient (Wildman–Crippen LogP) is 4.61. The Morgan fingerprint density at radius 1 is 0.941 bits per heavy atom. The lowest BCUT2D eigenvalue weighted by Gasteiger charge is -2.07. The molecule has 4 heteroatoms. The van der Waals surface area contributed by atoms with Crippen LogP contribution in [0.4, 0.5) is 11.4 Å². The number of anilines is 2. The molecule has 0 spiro atoms. The number of rotatable bonds is 2. The number of benzene rings is 2. The number of nitrogens with one attached hydrogen (secondary N) is 1. The van der Waals surface area contributed by atoms with Gasteiger partial charge >= 0.3 is 0 Å². The van der Waals surface area contributed by atoms with E-state index >= 15 is 0 Å². The quantitative estimate of drug-likeness (QED) is 0.858. The van der Waals surface area contributed by atoms with Gasteiger partial charge in [-0.05, 0) is 36.4 Å². The van der Waals surface area contributed by atoms with E-state index in [-0.39, 0.29) is 0 Å². The van der Waals surface area contributed by atoms with Crippen LogP contribution in [0, 0.1) is 11.3 Å². The van der Waals surface area contributed by atoms with Crippen LogP contribution < -0.4 is 5.32 Å². The summed E-state index contributed by atoms with van der Waals surface area (Å²) in [6.07, 6.45) is 0. The molecule has 0 aliphatic rings. The minimum absolute atomic E-state index is 0.494. The van der Waals surface area contributed by atoms with Gasteiger partial charge in [-0.3, -0.25) is 0 Å². The van der Waals surface area contributed by atoms with E-state index < -0.39 is 0 Å². The van der Waals surface area contributed by atoms with Gasteiger partial charge in [-0.25, -0.2) is 0 Å². The summed E-state index contributed by atoms with van der Waals surface area (Å²) in [6, 6.07) is 14.6. The third-order valence-electron chi connectivity index (χ3n) is 2.20. The van der Waals surface area contributed by atoms with Gasteiger partial charge < -0.3 is 5.32 Å². The molecule has 1 N–H and O–H groups in total. The molecule has 0 aromatic heterocycles. The van der Waals surface area contributed by atoms with Gasteiger partial charge in [0, 0.05) is 11.4 Å². The van der Waals surface area contributed by atoms with E-state index in [4.69, 9.17) is 28.5 Å². The highest BCUT2D eigenvalue weighted by atomic mass is 35.5. The molecule has 0 atom stereocenters. The first-order chi connectivity index (χ1) is 8.19. The summed E-state index contributed by atoms with van der Waals surface area (Å²) >= 11 is 11.7. The molecule has 0 saturated carbocycles. The molecule has 0 aliphatic heterocycles. The Hall–Kier alpha value is -1.69. The molecule has 0 aliphatic carbocycles. The summed E-state index contributed by atoms with van der Waals surface area (Å²) in [5.74, 6) is 0. The number of nitrogens with zero attached hydrogens (tertiary/aromatic N) is 1. The summed E-state index contributed by atoms with van der Waals surface area (Å²) in [5.41, 5.74) is 2.27. The van der Waals surface area contributed by atoms with Crippen LogP contribution >= 0.6 is 23.2 Å². The van der Waals surface area contributed by atoms with Gasteiger partial charge in [-0.1, -0.05) is 29.3 Å². The van der Waals surface area contributed by atoms with E-state index in [1.807, 2.05) is 18.2 Å². The second-order valence-electron chi connectivity index (χ2n) is 3.45. The van der Waals surface area contributed by atoms with Gasteiger partial charge in [-0.15, -0.1) is 0 Å². The van der Waals surface area contributed by atoms with Crippen LogP contribution in [0.25, 0.3) is 0 Å². The van der Waals surface area contributed by atoms with E-state index in [1.54, 1.807) is 24.3 Å². The molecule has 0 amide bonds. The Morgan fingerprint density at radius 3 is 2.41 bits per heavy atom. The Bertz CT molecular complexity index is 588. The molecular formula is C13H8Cl2N2. The van der Waals surface area contributed by atoms with E-state index in [0.717, 1.165) is 11.4 Å². The van der Waals surface area contributed by atoms with Gasteiger partial charge in [0.25, 0.3) is 0 Å². The highest BCUT2D eigenvalue weighted by Crippen LogP contribution is 2.27. The van der Waals surface area contributed by atoms with Crippen molar-refractivity contribution in [2.45, 2.75) is 0 Å². The summed E-state index contributed by atoms with van der Waals surface area (Å²) in [4.78, 5) is 0. The lowest BCUT2D eigenvalue weighted by molar-refractivity contribution is 1.47. The van der Waals surface area contributed by atoms with Crippen LogP contribution in [0.15, 0.2) is 42.5 Å². The minimum Gasteiger partial charge on any atom is -0.355 e. The van der Waals surface area contributed by atoms with Crippen LogP contribution in [0.3, 0.4) is 0 Å². The Morgan fingerprint density at radius 2 is 1.71 bits per heavy atom. The summed E-state index contributed by atoms with van der Waals surface area (Å²) in [6.45, 7) is 0. The van der Waals surface area contributed by atoms with Crippen LogP contribution in [0.5, 0.6) is 0 Å². The van der Waals surface area contributed by atoms with Crippen molar-refractivity contribution in [3.8, 4) is 6.07 Å². The zero-order valence-electron chi connectivity index (χ0n) is 8.74. The average molecular weight is 263 g/mol. The maximum atomic E-state index is 8.79. The number of hydrogen-bond acceptors (Lipinski definition) is 2. The number of hydrogen-bond donors (Lipinski definition) is 1. The van der Waals surface area contributed by atoms with Crippen molar-refractivity contribution in [2.75, 3.05) is 5.32 Å². The molecule has 0 heterocycles. The first kappa shape index (κ1) is 11.8. The lowest BCUT2D eigenvalue weighted by Crippen LogP contribution is -1.90. The number of nitriles is 1. The first-order valence-corrected chi connectivity index (χ1v) is 5.67. The van der Waals surface area contributed by atoms with Gasteiger partial charge in [-0.2, -0.15) is 5.26 Å². The van der Waals surface area contributed by atoms with Crippen molar-refractivity contribution in [2.24, 2.45) is 0 Å². The lowest BCUT2D eigenvalue weighted by atomic mass is 10.2. The molecule has 84 valence electrons. The van der Waals surface area contributed by atoms with Crippen LogP contribution in [0.1, 0.15) is 5.56 Å². The molecule has 0 fully saturated rings. The van der Waals surface area contributed by atoms with Crippen molar-refractivity contribution in [3.63, 3.8) is 0 Å². The molecule has 0 unspecified atom stereocenters. The number of halogens is 2. The zero-order valence-corrected chi connectivity index (χ0v) is 10.3. The monoisotopic (exact) mass is 262 g/mol. The van der Waals surface area contributed by atoms with Gasteiger partial charge in [0.2, 0.25) is 0 Å². The Labute approximate surface area is 109 Å². The fourth-order valence-electron chi connectivity index (χ4n) is 1.41. The van der Waals surface area contributed by atoms with Crippen molar-refractivity contribution in [3.05, 3.63) is 58.1 Å². The molecule has 0 saturated heterocycles. The second-order valence-corrected chi connectivity index (χ2v) is 4.26. The third kappa shape index (κ3) is 2.91. The van der Waals surface area contributed by atoms with Crippen molar-refractivity contribution in [1.82, 2.24) is 0 Å². The SMILES string of the molecule is N#Cc1cccc(Nc2ccc(Cl)c(Cl)c2)c1. The molecule has 17 heavy (non-hydrogen) atoms. The standard InChI is InChI=1S/C13H8Cl2N2/c14-12-5-4-11(7-13(12)15)17-10-3-1-2-9(6-10)8-16/h1-7,17H. The molecular weight excluding hydrogens is 255 g/mol. The third-order valence-corrected chi connectivity index (χ3v) is 2.94. The Balaban J connectivity index is 2.25. The van der Waals surface area contributed by atoms with E-state index in [9.17, 15) is 0 Å². The normalized spacial score (nSPS) is 9.71. The van der Waals surface area contributed by atoms with Gasteiger partial charge in [0.15, 0.2) is 0 Å². The largest absolute Gasteiger partial charge is 0.355 e. The van der Waals surface area contributed by atoms with Gasteiger partial charge in [0.05, 0.1) is 21.7 Å². The first-order valence-electron chi connectivity index (χ1n) is 4.91. The minimum atomic E-state index is 0.494. The maximum absolute atomic E-state index is 8.79. The van der Waals surface area contributed by atoms with E-state index in [1.165, 1.54) is 0 Å².